The highest BCUT2D eigenvalue weighted by molar-refractivity contribution is 7.21. The van der Waals surface area contributed by atoms with E-state index in [1.165, 1.54) is 11.3 Å². The summed E-state index contributed by atoms with van der Waals surface area (Å²) in [7, 11) is 0. The zero-order chi connectivity index (χ0) is 16.4. The molecule has 2 heterocycles. The van der Waals surface area contributed by atoms with Crippen molar-refractivity contribution in [2.45, 2.75) is 6.04 Å². The number of benzene rings is 1. The number of halogens is 2. The van der Waals surface area contributed by atoms with Crippen molar-refractivity contribution < 1.29 is 9.90 Å². The van der Waals surface area contributed by atoms with Crippen LogP contribution in [0.3, 0.4) is 0 Å². The minimum absolute atomic E-state index is 0.453. The summed E-state index contributed by atoms with van der Waals surface area (Å²) in [5.41, 5.74) is 0.570. The Morgan fingerprint density at radius 3 is 2.43 bits per heavy atom. The van der Waals surface area contributed by atoms with Crippen LogP contribution in [0.4, 0.5) is 5.69 Å². The van der Waals surface area contributed by atoms with Gasteiger partial charge in [0.1, 0.15) is 0 Å². The third-order valence-electron chi connectivity index (χ3n) is 3.10. The molecule has 2 aromatic heterocycles. The van der Waals surface area contributed by atoms with E-state index in [4.69, 9.17) is 23.2 Å². The van der Waals surface area contributed by atoms with Gasteiger partial charge in [0, 0.05) is 30.4 Å². The van der Waals surface area contributed by atoms with Gasteiger partial charge in [0.25, 0.3) is 0 Å². The first-order valence-corrected chi connectivity index (χ1v) is 9.07. The fraction of sp³-hybridized carbons (Fsp3) is 0.0625. The minimum atomic E-state index is -0.958. The number of nitrogens with one attached hydrogen (secondary N) is 1. The molecule has 0 fully saturated rings. The zero-order valence-corrected chi connectivity index (χ0v) is 14.8. The standard InChI is InChI=1S/C16H11Cl2NO2S2/c17-9-6-10(18)8-11(7-9)19-15(16(20)21)14-4-3-13(23-14)12-2-1-5-22-12/h1-8,15,19H,(H,20,21). The van der Waals surface area contributed by atoms with Crippen LogP contribution >= 0.6 is 45.9 Å². The van der Waals surface area contributed by atoms with Crippen LogP contribution < -0.4 is 5.32 Å². The van der Waals surface area contributed by atoms with Crippen LogP contribution in [0.5, 0.6) is 0 Å². The quantitative estimate of drug-likeness (QED) is 0.565. The van der Waals surface area contributed by atoms with Gasteiger partial charge in [-0.15, -0.1) is 22.7 Å². The average Bonchev–Trinajstić information content (AvgIpc) is 3.14. The highest BCUT2D eigenvalue weighted by Crippen LogP contribution is 2.35. The molecule has 23 heavy (non-hydrogen) atoms. The van der Waals surface area contributed by atoms with E-state index in [0.29, 0.717) is 15.7 Å². The monoisotopic (exact) mass is 383 g/mol. The lowest BCUT2D eigenvalue weighted by Crippen LogP contribution is -2.19. The molecule has 2 N–H and O–H groups in total. The predicted octanol–water partition coefficient (Wildman–Crippen LogP) is 6.02. The van der Waals surface area contributed by atoms with E-state index in [2.05, 4.69) is 5.32 Å². The second kappa shape index (κ2) is 6.93. The molecule has 0 aliphatic heterocycles. The lowest BCUT2D eigenvalue weighted by atomic mass is 10.2. The summed E-state index contributed by atoms with van der Waals surface area (Å²) >= 11 is 15.0. The van der Waals surface area contributed by atoms with Gasteiger partial charge in [-0.25, -0.2) is 4.79 Å². The molecular weight excluding hydrogens is 373 g/mol. The Morgan fingerprint density at radius 1 is 1.09 bits per heavy atom. The number of carboxylic acids is 1. The summed E-state index contributed by atoms with van der Waals surface area (Å²) in [6.07, 6.45) is 0. The van der Waals surface area contributed by atoms with Crippen LogP contribution in [0.2, 0.25) is 10.0 Å². The number of carbonyl (C=O) groups is 1. The molecule has 0 saturated heterocycles. The number of thiophene rings is 2. The molecule has 0 aliphatic rings. The van der Waals surface area contributed by atoms with Crippen LogP contribution in [0, 0.1) is 0 Å². The molecule has 0 aliphatic carbocycles. The Kier molecular flexibility index (Phi) is 4.92. The van der Waals surface area contributed by atoms with Crippen molar-refractivity contribution in [3.05, 3.63) is 62.8 Å². The number of aliphatic carboxylic acids is 1. The van der Waals surface area contributed by atoms with Gasteiger partial charge in [0.2, 0.25) is 0 Å². The Labute approximate surface area is 151 Å². The fourth-order valence-electron chi connectivity index (χ4n) is 2.12. The molecule has 0 amide bonds. The Morgan fingerprint density at radius 2 is 1.83 bits per heavy atom. The number of rotatable bonds is 5. The Bertz CT molecular complexity index is 810. The van der Waals surface area contributed by atoms with Gasteiger partial charge < -0.3 is 10.4 Å². The molecule has 1 unspecified atom stereocenters. The van der Waals surface area contributed by atoms with Crippen molar-refractivity contribution in [1.29, 1.82) is 0 Å². The second-order valence-electron chi connectivity index (χ2n) is 4.75. The minimum Gasteiger partial charge on any atom is -0.479 e. The number of hydrogen-bond acceptors (Lipinski definition) is 4. The van der Waals surface area contributed by atoms with Crippen LogP contribution in [0.15, 0.2) is 47.8 Å². The summed E-state index contributed by atoms with van der Waals surface area (Å²) < 4.78 is 0. The molecule has 1 aromatic carbocycles. The van der Waals surface area contributed by atoms with Crippen LogP contribution in [0.1, 0.15) is 10.9 Å². The molecule has 3 rings (SSSR count). The first kappa shape index (κ1) is 16.3. The zero-order valence-electron chi connectivity index (χ0n) is 11.6. The molecule has 7 heteroatoms. The van der Waals surface area contributed by atoms with Crippen LogP contribution in [-0.4, -0.2) is 11.1 Å². The summed E-state index contributed by atoms with van der Waals surface area (Å²) in [5.74, 6) is -0.958. The van der Waals surface area contributed by atoms with Gasteiger partial charge in [-0.1, -0.05) is 29.3 Å². The fourth-order valence-corrected chi connectivity index (χ4v) is 4.53. The first-order valence-electron chi connectivity index (χ1n) is 6.62. The van der Waals surface area contributed by atoms with Gasteiger partial charge in [0.15, 0.2) is 6.04 Å². The second-order valence-corrected chi connectivity index (χ2v) is 7.69. The van der Waals surface area contributed by atoms with Crippen LogP contribution in [0.25, 0.3) is 9.75 Å². The van der Waals surface area contributed by atoms with E-state index in [1.54, 1.807) is 29.5 Å². The van der Waals surface area contributed by atoms with Gasteiger partial charge >= 0.3 is 5.97 Å². The third-order valence-corrected chi connectivity index (χ3v) is 5.75. The van der Waals surface area contributed by atoms with E-state index >= 15 is 0 Å². The summed E-state index contributed by atoms with van der Waals surface area (Å²) in [4.78, 5) is 14.5. The normalized spacial score (nSPS) is 12.1. The molecule has 1 atom stereocenters. The topological polar surface area (TPSA) is 49.3 Å². The van der Waals surface area contributed by atoms with E-state index < -0.39 is 12.0 Å². The van der Waals surface area contributed by atoms with Crippen molar-refractivity contribution >= 4 is 57.5 Å². The van der Waals surface area contributed by atoms with Crippen molar-refractivity contribution in [3.8, 4) is 9.75 Å². The van der Waals surface area contributed by atoms with Gasteiger partial charge in [-0.2, -0.15) is 0 Å². The maximum Gasteiger partial charge on any atom is 0.331 e. The molecule has 0 saturated carbocycles. The largest absolute Gasteiger partial charge is 0.479 e. The van der Waals surface area contributed by atoms with E-state index in [1.807, 2.05) is 29.6 Å². The highest BCUT2D eigenvalue weighted by atomic mass is 35.5. The highest BCUT2D eigenvalue weighted by Gasteiger charge is 2.22. The van der Waals surface area contributed by atoms with Gasteiger partial charge in [-0.05, 0) is 41.8 Å². The lowest BCUT2D eigenvalue weighted by Gasteiger charge is -2.15. The lowest BCUT2D eigenvalue weighted by molar-refractivity contribution is -0.138. The summed E-state index contributed by atoms with van der Waals surface area (Å²) in [5, 5.41) is 15.4. The molecule has 118 valence electrons. The molecule has 3 aromatic rings. The molecular formula is C16H11Cl2NO2S2. The SMILES string of the molecule is O=C(O)C(Nc1cc(Cl)cc(Cl)c1)c1ccc(-c2cccs2)s1. The van der Waals surface area contributed by atoms with Crippen molar-refractivity contribution in [3.63, 3.8) is 0 Å². The molecule has 0 spiro atoms. The maximum absolute atomic E-state index is 11.7. The maximum atomic E-state index is 11.7. The average molecular weight is 384 g/mol. The summed E-state index contributed by atoms with van der Waals surface area (Å²) in [6, 6.07) is 11.8. The predicted molar refractivity (Wildman–Crippen MR) is 98.1 cm³/mol. The van der Waals surface area contributed by atoms with Gasteiger partial charge in [0.05, 0.1) is 0 Å². The van der Waals surface area contributed by atoms with Crippen molar-refractivity contribution in [2.75, 3.05) is 5.32 Å². The first-order chi connectivity index (χ1) is 11.0. The van der Waals surface area contributed by atoms with Crippen LogP contribution in [-0.2, 0) is 4.79 Å². The van der Waals surface area contributed by atoms with E-state index in [9.17, 15) is 9.90 Å². The number of anilines is 1. The number of carboxylic acid groups (broad SMARTS) is 1. The Hall–Kier alpha value is -1.53. The molecule has 0 radical (unpaired) electrons. The molecule has 0 bridgehead atoms. The smallest absolute Gasteiger partial charge is 0.331 e. The summed E-state index contributed by atoms with van der Waals surface area (Å²) in [6.45, 7) is 0. The van der Waals surface area contributed by atoms with Crippen molar-refractivity contribution in [1.82, 2.24) is 0 Å². The number of hydrogen-bond donors (Lipinski definition) is 2. The van der Waals surface area contributed by atoms with Crippen molar-refractivity contribution in [2.24, 2.45) is 0 Å². The van der Waals surface area contributed by atoms with E-state index in [0.717, 1.165) is 14.6 Å². The Balaban J connectivity index is 1.88. The third kappa shape index (κ3) is 3.87. The van der Waals surface area contributed by atoms with E-state index in [-0.39, 0.29) is 0 Å². The van der Waals surface area contributed by atoms with Gasteiger partial charge in [-0.3, -0.25) is 0 Å². The molecule has 3 nitrogen and oxygen atoms in total.